The number of carbonyl (C=O) groups excluding carboxylic acids is 1. The molecule has 0 radical (unpaired) electrons. The number of carbonyl (C=O) groups is 1. The summed E-state index contributed by atoms with van der Waals surface area (Å²) in [5, 5.41) is 0. The first kappa shape index (κ1) is 22.1. The van der Waals surface area contributed by atoms with Crippen molar-refractivity contribution in [2.45, 2.75) is 20.1 Å². The summed E-state index contributed by atoms with van der Waals surface area (Å²) >= 11 is 0. The Kier molecular flexibility index (Phi) is 7.88. The van der Waals surface area contributed by atoms with Crippen molar-refractivity contribution in [2.75, 3.05) is 13.7 Å². The van der Waals surface area contributed by atoms with Gasteiger partial charge in [0.2, 0.25) is 0 Å². The van der Waals surface area contributed by atoms with Gasteiger partial charge in [-0.25, -0.2) is 0 Å². The summed E-state index contributed by atoms with van der Waals surface area (Å²) in [4.78, 5) is 12.4. The summed E-state index contributed by atoms with van der Waals surface area (Å²) in [5.74, 6) is -0.666. The van der Waals surface area contributed by atoms with Crippen molar-refractivity contribution < 1.29 is 41.3 Å². The monoisotopic (exact) mass is 414 g/mol. The van der Waals surface area contributed by atoms with Crippen molar-refractivity contribution in [1.82, 2.24) is 0 Å². The fourth-order valence-corrected chi connectivity index (χ4v) is 2.40. The van der Waals surface area contributed by atoms with Gasteiger partial charge in [-0.2, -0.15) is 17.6 Å². The first-order valence-electron chi connectivity index (χ1n) is 8.41. The minimum Gasteiger partial charge on any atom is -0.493 e. The molecule has 0 amide bonds. The number of benzene rings is 2. The van der Waals surface area contributed by atoms with Crippen LogP contribution in [0.25, 0.3) is 6.08 Å². The molecule has 0 spiro atoms. The van der Waals surface area contributed by atoms with Gasteiger partial charge in [0.05, 0.1) is 19.3 Å². The standard InChI is InChI=1S/C20H18F4O5/c1-3-27-18-10-12(5-9-16(18)26-2)4-8-15(25)14-7-6-13(28-19(21)22)11-17(14)29-20(23)24/h4-11,19-20H,3H2,1-2H3/b8-4+. The molecule has 2 aromatic carbocycles. The molecule has 0 fully saturated rings. The summed E-state index contributed by atoms with van der Waals surface area (Å²) in [5.41, 5.74) is 0.360. The van der Waals surface area contributed by atoms with Gasteiger partial charge in [-0.1, -0.05) is 12.1 Å². The van der Waals surface area contributed by atoms with Gasteiger partial charge in [0.25, 0.3) is 0 Å². The van der Waals surface area contributed by atoms with Crippen LogP contribution in [0.2, 0.25) is 0 Å². The normalized spacial score (nSPS) is 11.2. The van der Waals surface area contributed by atoms with Crippen molar-refractivity contribution >= 4 is 11.9 Å². The Morgan fingerprint density at radius 2 is 1.69 bits per heavy atom. The summed E-state index contributed by atoms with van der Waals surface area (Å²) < 4.78 is 68.9. The van der Waals surface area contributed by atoms with E-state index in [1.165, 1.54) is 13.2 Å². The first-order valence-corrected chi connectivity index (χ1v) is 8.41. The van der Waals surface area contributed by atoms with E-state index in [1.807, 2.05) is 0 Å². The first-order chi connectivity index (χ1) is 13.8. The maximum Gasteiger partial charge on any atom is 0.387 e. The molecular formula is C20H18F4O5. The molecule has 0 aromatic heterocycles. The zero-order chi connectivity index (χ0) is 21.4. The van der Waals surface area contributed by atoms with Gasteiger partial charge in [0.1, 0.15) is 11.5 Å². The number of hydrogen-bond donors (Lipinski definition) is 0. The number of halogens is 4. The molecule has 0 saturated heterocycles. The molecule has 0 aliphatic carbocycles. The summed E-state index contributed by atoms with van der Waals surface area (Å²) in [6.07, 6.45) is 2.58. The minimum absolute atomic E-state index is 0.235. The number of rotatable bonds is 10. The summed E-state index contributed by atoms with van der Waals surface area (Å²) in [6.45, 7) is -4.19. The minimum atomic E-state index is -3.25. The molecule has 0 aliphatic heterocycles. The molecule has 156 valence electrons. The topological polar surface area (TPSA) is 54.0 Å². The number of ether oxygens (including phenoxy) is 4. The predicted molar refractivity (Wildman–Crippen MR) is 97.2 cm³/mol. The van der Waals surface area contributed by atoms with Gasteiger partial charge in [-0.05, 0) is 42.8 Å². The van der Waals surface area contributed by atoms with E-state index < -0.39 is 30.5 Å². The van der Waals surface area contributed by atoms with Crippen LogP contribution in [0.3, 0.4) is 0 Å². The van der Waals surface area contributed by atoms with Crippen LogP contribution < -0.4 is 18.9 Å². The molecule has 29 heavy (non-hydrogen) atoms. The van der Waals surface area contributed by atoms with Gasteiger partial charge in [0.15, 0.2) is 17.3 Å². The van der Waals surface area contributed by atoms with E-state index in [-0.39, 0.29) is 5.56 Å². The van der Waals surface area contributed by atoms with Crippen LogP contribution >= 0.6 is 0 Å². The second kappa shape index (κ2) is 10.4. The molecule has 0 heterocycles. The fourth-order valence-electron chi connectivity index (χ4n) is 2.40. The van der Waals surface area contributed by atoms with E-state index in [9.17, 15) is 22.4 Å². The second-order valence-electron chi connectivity index (χ2n) is 5.46. The average molecular weight is 414 g/mol. The highest BCUT2D eigenvalue weighted by atomic mass is 19.3. The lowest BCUT2D eigenvalue weighted by atomic mass is 10.1. The number of alkyl halides is 4. The van der Waals surface area contributed by atoms with Crippen LogP contribution in [0, 0.1) is 0 Å². The Morgan fingerprint density at radius 3 is 2.31 bits per heavy atom. The molecular weight excluding hydrogens is 396 g/mol. The van der Waals surface area contributed by atoms with Crippen molar-refractivity contribution in [3.8, 4) is 23.0 Å². The lowest BCUT2D eigenvalue weighted by Gasteiger charge is -2.11. The van der Waals surface area contributed by atoms with Gasteiger partial charge in [-0.3, -0.25) is 4.79 Å². The van der Waals surface area contributed by atoms with Crippen molar-refractivity contribution in [3.63, 3.8) is 0 Å². The molecule has 2 aromatic rings. The molecule has 0 bridgehead atoms. The van der Waals surface area contributed by atoms with Crippen LogP contribution in [0.4, 0.5) is 17.6 Å². The Labute approximate surface area is 164 Å². The maximum absolute atomic E-state index is 12.6. The molecule has 0 saturated carbocycles. The van der Waals surface area contributed by atoms with Crippen LogP contribution in [0.15, 0.2) is 42.5 Å². The van der Waals surface area contributed by atoms with E-state index in [0.29, 0.717) is 23.7 Å². The summed E-state index contributed by atoms with van der Waals surface area (Å²) in [7, 11) is 1.49. The third-order valence-corrected chi connectivity index (χ3v) is 3.57. The van der Waals surface area contributed by atoms with Gasteiger partial charge >= 0.3 is 13.2 Å². The highest BCUT2D eigenvalue weighted by Crippen LogP contribution is 2.30. The maximum atomic E-state index is 12.6. The Bertz CT molecular complexity index is 868. The number of methoxy groups -OCH3 is 1. The third kappa shape index (κ3) is 6.41. The lowest BCUT2D eigenvalue weighted by molar-refractivity contribution is -0.0544. The Hall–Kier alpha value is -3.23. The molecule has 0 atom stereocenters. The zero-order valence-electron chi connectivity index (χ0n) is 15.5. The fraction of sp³-hybridized carbons (Fsp3) is 0.250. The van der Waals surface area contributed by atoms with E-state index in [4.69, 9.17) is 9.47 Å². The van der Waals surface area contributed by atoms with E-state index in [0.717, 1.165) is 24.3 Å². The third-order valence-electron chi connectivity index (χ3n) is 3.57. The average Bonchev–Trinajstić information content (AvgIpc) is 2.66. The van der Waals surface area contributed by atoms with E-state index in [1.54, 1.807) is 25.1 Å². The van der Waals surface area contributed by atoms with Crippen LogP contribution in [-0.2, 0) is 0 Å². The van der Waals surface area contributed by atoms with Crippen LogP contribution in [0.1, 0.15) is 22.8 Å². The van der Waals surface area contributed by atoms with Crippen molar-refractivity contribution in [1.29, 1.82) is 0 Å². The van der Waals surface area contributed by atoms with E-state index >= 15 is 0 Å². The van der Waals surface area contributed by atoms with Crippen molar-refractivity contribution in [3.05, 3.63) is 53.6 Å². The Morgan fingerprint density at radius 1 is 0.966 bits per heavy atom. The molecule has 0 unspecified atom stereocenters. The molecule has 0 aliphatic rings. The molecule has 5 nitrogen and oxygen atoms in total. The number of allylic oxidation sites excluding steroid dienone is 1. The number of hydrogen-bond acceptors (Lipinski definition) is 5. The molecule has 2 rings (SSSR count). The lowest BCUT2D eigenvalue weighted by Crippen LogP contribution is -2.08. The van der Waals surface area contributed by atoms with Crippen LogP contribution in [-0.4, -0.2) is 32.7 Å². The second-order valence-corrected chi connectivity index (χ2v) is 5.46. The van der Waals surface area contributed by atoms with Crippen LogP contribution in [0.5, 0.6) is 23.0 Å². The highest BCUT2D eigenvalue weighted by molar-refractivity contribution is 6.08. The molecule has 9 heteroatoms. The van der Waals surface area contributed by atoms with E-state index in [2.05, 4.69) is 9.47 Å². The SMILES string of the molecule is CCOc1cc(/C=C/C(=O)c2ccc(OC(F)F)cc2OC(F)F)ccc1OC. The quantitative estimate of drug-likeness (QED) is 0.304. The molecule has 0 N–H and O–H groups in total. The van der Waals surface area contributed by atoms with Gasteiger partial charge in [-0.15, -0.1) is 0 Å². The number of ketones is 1. The highest BCUT2D eigenvalue weighted by Gasteiger charge is 2.17. The zero-order valence-corrected chi connectivity index (χ0v) is 15.5. The van der Waals surface area contributed by atoms with Gasteiger partial charge < -0.3 is 18.9 Å². The summed E-state index contributed by atoms with van der Waals surface area (Å²) in [6, 6.07) is 7.90. The smallest absolute Gasteiger partial charge is 0.387 e. The predicted octanol–water partition coefficient (Wildman–Crippen LogP) is 5.19. The largest absolute Gasteiger partial charge is 0.493 e. The Balaban J connectivity index is 2.28. The van der Waals surface area contributed by atoms with Gasteiger partial charge in [0, 0.05) is 6.07 Å². The van der Waals surface area contributed by atoms with Crippen molar-refractivity contribution in [2.24, 2.45) is 0 Å².